The lowest BCUT2D eigenvalue weighted by Gasteiger charge is -2.41. The van der Waals surface area contributed by atoms with Crippen LogP contribution in [-0.2, 0) is 0 Å². The quantitative estimate of drug-likeness (QED) is 0.519. The zero-order chi connectivity index (χ0) is 24.5. The number of carbonyl (C=O) groups excluding carboxylic acids is 1. The van der Waals surface area contributed by atoms with E-state index in [1.807, 2.05) is 79.4 Å². The van der Waals surface area contributed by atoms with Gasteiger partial charge in [0.2, 0.25) is 0 Å². The van der Waals surface area contributed by atoms with E-state index in [1.54, 1.807) is 7.11 Å². The number of aryl methyl sites for hydroxylation is 2. The van der Waals surface area contributed by atoms with Crippen LogP contribution in [0.15, 0.2) is 65.7 Å². The Balaban J connectivity index is 1.41. The number of anilines is 1. The number of methoxy groups -OCH3 is 1. The van der Waals surface area contributed by atoms with E-state index in [2.05, 4.69) is 17.1 Å². The normalized spacial score (nSPS) is 16.9. The van der Waals surface area contributed by atoms with Gasteiger partial charge in [-0.2, -0.15) is 0 Å². The molecular formula is C28H30N4O3. The van der Waals surface area contributed by atoms with E-state index in [9.17, 15) is 4.79 Å². The number of benzene rings is 3. The lowest BCUT2D eigenvalue weighted by Crippen LogP contribution is -2.56. The first kappa shape index (κ1) is 22.8. The molecule has 1 saturated heterocycles. The van der Waals surface area contributed by atoms with E-state index in [-0.39, 0.29) is 12.1 Å². The first-order chi connectivity index (χ1) is 16.9. The highest BCUT2D eigenvalue weighted by molar-refractivity contribution is 6.04. The minimum atomic E-state index is -0.0879. The fourth-order valence-corrected chi connectivity index (χ4v) is 4.51. The van der Waals surface area contributed by atoms with Gasteiger partial charge in [-0.25, -0.2) is 9.79 Å². The Morgan fingerprint density at radius 1 is 1.00 bits per heavy atom. The number of amides is 2. The van der Waals surface area contributed by atoms with Crippen LogP contribution in [0.1, 0.15) is 23.6 Å². The molecule has 7 nitrogen and oxygen atoms in total. The maximum atomic E-state index is 13.0. The summed E-state index contributed by atoms with van der Waals surface area (Å²) in [6.45, 7) is 8.02. The van der Waals surface area contributed by atoms with Crippen molar-refractivity contribution in [2.75, 3.05) is 32.1 Å². The van der Waals surface area contributed by atoms with E-state index in [0.717, 1.165) is 51.1 Å². The summed E-state index contributed by atoms with van der Waals surface area (Å²) in [5.74, 6) is 3.04. The van der Waals surface area contributed by atoms with Gasteiger partial charge in [-0.3, -0.25) is 0 Å². The molecule has 5 rings (SSSR count). The minimum Gasteiger partial charge on any atom is -0.497 e. The van der Waals surface area contributed by atoms with E-state index in [1.165, 1.54) is 0 Å². The maximum Gasteiger partial charge on any atom is 0.322 e. The lowest BCUT2D eigenvalue weighted by atomic mass is 10.1. The van der Waals surface area contributed by atoms with E-state index in [0.29, 0.717) is 19.6 Å². The molecule has 2 heterocycles. The Morgan fingerprint density at radius 2 is 1.77 bits per heavy atom. The average molecular weight is 471 g/mol. The van der Waals surface area contributed by atoms with Gasteiger partial charge in [-0.15, -0.1) is 0 Å². The summed E-state index contributed by atoms with van der Waals surface area (Å²) < 4.78 is 11.8. The minimum absolute atomic E-state index is 0.00684. The summed E-state index contributed by atoms with van der Waals surface area (Å²) in [5, 5.41) is 3.02. The molecule has 0 bridgehead atoms. The molecule has 3 aromatic carbocycles. The second-order valence-electron chi connectivity index (χ2n) is 9.16. The third kappa shape index (κ3) is 4.67. The third-order valence-corrected chi connectivity index (χ3v) is 6.48. The number of fused-ring (bicyclic) bond motifs is 2. The van der Waals surface area contributed by atoms with Crippen molar-refractivity contribution in [2.45, 2.75) is 26.8 Å². The molecule has 0 radical (unpaired) electrons. The number of amidine groups is 1. The summed E-state index contributed by atoms with van der Waals surface area (Å²) in [4.78, 5) is 22.2. The van der Waals surface area contributed by atoms with Crippen molar-refractivity contribution in [1.82, 2.24) is 9.80 Å². The Labute approximate surface area is 206 Å². The van der Waals surface area contributed by atoms with E-state index < -0.39 is 0 Å². The molecule has 1 atom stereocenters. The van der Waals surface area contributed by atoms with Crippen LogP contribution in [0.5, 0.6) is 17.2 Å². The molecule has 2 aliphatic rings. The van der Waals surface area contributed by atoms with Crippen molar-refractivity contribution in [3.05, 3.63) is 77.4 Å². The van der Waals surface area contributed by atoms with Gasteiger partial charge in [-0.1, -0.05) is 23.8 Å². The highest BCUT2D eigenvalue weighted by Gasteiger charge is 2.32. The molecule has 0 saturated carbocycles. The number of rotatable bonds is 2. The second-order valence-corrected chi connectivity index (χ2v) is 9.16. The summed E-state index contributed by atoms with van der Waals surface area (Å²) in [6.07, 6.45) is 0. The molecule has 1 unspecified atom stereocenters. The smallest absolute Gasteiger partial charge is 0.322 e. The summed E-state index contributed by atoms with van der Waals surface area (Å²) in [6, 6.07) is 19.6. The van der Waals surface area contributed by atoms with E-state index in [4.69, 9.17) is 14.5 Å². The fourth-order valence-electron chi connectivity index (χ4n) is 4.51. The van der Waals surface area contributed by atoms with Crippen LogP contribution in [0.25, 0.3) is 0 Å². The molecule has 1 N–H and O–H groups in total. The van der Waals surface area contributed by atoms with Crippen molar-refractivity contribution in [1.29, 1.82) is 0 Å². The molecule has 7 heteroatoms. The Hall–Kier alpha value is -4.00. The van der Waals surface area contributed by atoms with Gasteiger partial charge in [0.25, 0.3) is 0 Å². The maximum absolute atomic E-state index is 13.0. The number of urea groups is 1. The van der Waals surface area contributed by atoms with Crippen LogP contribution in [0.4, 0.5) is 16.2 Å². The molecule has 0 aromatic heterocycles. The second kappa shape index (κ2) is 9.33. The summed E-state index contributed by atoms with van der Waals surface area (Å²) in [7, 11) is 1.65. The summed E-state index contributed by atoms with van der Waals surface area (Å²) >= 11 is 0. The van der Waals surface area contributed by atoms with Crippen molar-refractivity contribution in [3.8, 4) is 17.2 Å². The van der Waals surface area contributed by atoms with Crippen LogP contribution in [0, 0.1) is 13.8 Å². The number of hydrogen-bond acceptors (Lipinski definition) is 5. The highest BCUT2D eigenvalue weighted by Crippen LogP contribution is 2.40. The average Bonchev–Trinajstić information content (AvgIpc) is 3.01. The standard InChI is InChI=1S/C28H30N4O3/c1-18-5-8-21(9-6-18)29-28(33)32-14-13-31(17-20(32)3)27-23-16-22(34-4)10-12-25(23)35-26-15-19(2)7-11-24(26)30-27/h5-12,15-16,20H,13-14,17H2,1-4H3,(H,29,33). The number of piperazine rings is 1. The molecule has 2 amide bonds. The fraction of sp³-hybridized carbons (Fsp3) is 0.286. The SMILES string of the molecule is COc1ccc2c(c1)C(N1CCN(C(=O)Nc3ccc(C)cc3)C(C)C1)=Nc1ccc(C)cc1O2. The Bertz CT molecular complexity index is 1290. The zero-order valence-corrected chi connectivity index (χ0v) is 20.5. The number of ether oxygens (including phenoxy) is 2. The van der Waals surface area contributed by atoms with Gasteiger partial charge >= 0.3 is 6.03 Å². The highest BCUT2D eigenvalue weighted by atomic mass is 16.5. The molecule has 0 spiro atoms. The first-order valence-corrected chi connectivity index (χ1v) is 11.9. The topological polar surface area (TPSA) is 66.4 Å². The van der Waals surface area contributed by atoms with Crippen LogP contribution in [-0.4, -0.2) is 54.5 Å². The number of hydrogen-bond donors (Lipinski definition) is 1. The monoisotopic (exact) mass is 470 g/mol. The molecule has 35 heavy (non-hydrogen) atoms. The predicted molar refractivity (Wildman–Crippen MR) is 138 cm³/mol. The first-order valence-electron chi connectivity index (χ1n) is 11.9. The zero-order valence-electron chi connectivity index (χ0n) is 20.5. The van der Waals surface area contributed by atoms with Crippen molar-refractivity contribution in [2.24, 2.45) is 4.99 Å². The van der Waals surface area contributed by atoms with Gasteiger partial charge < -0.3 is 24.6 Å². The van der Waals surface area contributed by atoms with Crippen LogP contribution < -0.4 is 14.8 Å². The molecule has 3 aromatic rings. The number of nitrogens with one attached hydrogen (secondary N) is 1. The molecular weight excluding hydrogens is 440 g/mol. The van der Waals surface area contributed by atoms with Gasteiger partial charge in [0.1, 0.15) is 23.0 Å². The van der Waals surface area contributed by atoms with Gasteiger partial charge in [0.15, 0.2) is 5.75 Å². The Kier molecular flexibility index (Phi) is 6.07. The van der Waals surface area contributed by atoms with Gasteiger partial charge in [0, 0.05) is 31.4 Å². The van der Waals surface area contributed by atoms with Crippen molar-refractivity contribution in [3.63, 3.8) is 0 Å². The summed E-state index contributed by atoms with van der Waals surface area (Å²) in [5.41, 5.74) is 4.73. The Morgan fingerprint density at radius 3 is 2.51 bits per heavy atom. The van der Waals surface area contributed by atoms with Crippen molar-refractivity contribution < 1.29 is 14.3 Å². The van der Waals surface area contributed by atoms with Gasteiger partial charge in [0.05, 0.1) is 12.7 Å². The molecule has 2 aliphatic heterocycles. The van der Waals surface area contributed by atoms with Crippen LogP contribution in [0.2, 0.25) is 0 Å². The lowest BCUT2D eigenvalue weighted by molar-refractivity contribution is 0.145. The van der Waals surface area contributed by atoms with Crippen LogP contribution >= 0.6 is 0 Å². The molecule has 0 aliphatic carbocycles. The number of nitrogens with zero attached hydrogens (tertiary/aromatic N) is 3. The number of carbonyl (C=O) groups is 1. The number of aliphatic imine (C=N–C) groups is 1. The van der Waals surface area contributed by atoms with Gasteiger partial charge in [-0.05, 0) is 68.8 Å². The third-order valence-electron chi connectivity index (χ3n) is 6.48. The largest absolute Gasteiger partial charge is 0.497 e. The van der Waals surface area contributed by atoms with Crippen LogP contribution in [0.3, 0.4) is 0 Å². The van der Waals surface area contributed by atoms with Crippen molar-refractivity contribution >= 4 is 23.2 Å². The molecule has 1 fully saturated rings. The predicted octanol–water partition coefficient (Wildman–Crippen LogP) is 5.73. The van der Waals surface area contributed by atoms with E-state index >= 15 is 0 Å². The molecule has 180 valence electrons.